The molecule has 0 saturated carbocycles. The van der Waals surface area contributed by atoms with Crippen molar-refractivity contribution in [3.63, 3.8) is 0 Å². The summed E-state index contributed by atoms with van der Waals surface area (Å²) in [5.41, 5.74) is 4.19. The number of nitrogens with one attached hydrogen (secondary N) is 2. The molecule has 4 rings (SSSR count). The van der Waals surface area contributed by atoms with Gasteiger partial charge in [0.1, 0.15) is 0 Å². The average molecular weight is 339 g/mol. The minimum Gasteiger partial charge on any atom is -0.354 e. The molecule has 4 nitrogen and oxygen atoms in total. The molecule has 126 valence electrons. The number of para-hydroxylation sites is 1. The van der Waals surface area contributed by atoms with E-state index in [1.807, 2.05) is 72.8 Å². The summed E-state index contributed by atoms with van der Waals surface area (Å²) in [6, 6.07) is 26.8. The van der Waals surface area contributed by atoms with E-state index in [9.17, 15) is 4.79 Å². The fraction of sp³-hybridized carbons (Fsp3) is 0. The van der Waals surface area contributed by atoms with Crippen LogP contribution in [0.1, 0.15) is 10.4 Å². The molecule has 0 radical (unpaired) electrons. The van der Waals surface area contributed by atoms with E-state index in [-0.39, 0.29) is 5.91 Å². The predicted octanol–water partition coefficient (Wildman–Crippen LogP) is 5.23. The van der Waals surface area contributed by atoms with Gasteiger partial charge in [-0.15, -0.1) is 0 Å². The van der Waals surface area contributed by atoms with Crippen molar-refractivity contribution in [3.8, 4) is 0 Å². The normalized spacial score (nSPS) is 10.5. The molecule has 1 amide bonds. The van der Waals surface area contributed by atoms with Gasteiger partial charge >= 0.3 is 0 Å². The number of hydrogen-bond acceptors (Lipinski definition) is 3. The number of amides is 1. The lowest BCUT2D eigenvalue weighted by molar-refractivity contribution is 0.102. The van der Waals surface area contributed by atoms with Crippen LogP contribution in [-0.2, 0) is 0 Å². The Kier molecular flexibility index (Phi) is 4.31. The molecule has 0 saturated heterocycles. The van der Waals surface area contributed by atoms with Crippen LogP contribution in [0, 0.1) is 0 Å². The maximum atomic E-state index is 12.2. The standard InChI is InChI=1S/C22H17N3O/c26-22(17-6-2-1-3-7-17)25-19-13-11-18(12-14-19)24-20-10-4-8-16-9-5-15-23-21(16)20/h1-15,24H,(H,25,26). The highest BCUT2D eigenvalue weighted by atomic mass is 16.1. The van der Waals surface area contributed by atoms with E-state index >= 15 is 0 Å². The lowest BCUT2D eigenvalue weighted by atomic mass is 10.2. The molecular formula is C22H17N3O. The first-order chi connectivity index (χ1) is 12.8. The quantitative estimate of drug-likeness (QED) is 0.535. The maximum absolute atomic E-state index is 12.2. The number of benzene rings is 3. The summed E-state index contributed by atoms with van der Waals surface area (Å²) in [7, 11) is 0. The number of aromatic nitrogens is 1. The Hall–Kier alpha value is -3.66. The Morgan fingerprint density at radius 2 is 1.46 bits per heavy atom. The lowest BCUT2D eigenvalue weighted by Gasteiger charge is -2.10. The molecule has 2 N–H and O–H groups in total. The molecule has 0 atom stereocenters. The van der Waals surface area contributed by atoms with Crippen LogP contribution in [0.2, 0.25) is 0 Å². The Bertz CT molecular complexity index is 1040. The summed E-state index contributed by atoms with van der Waals surface area (Å²) in [5.74, 6) is -0.121. The van der Waals surface area contributed by atoms with Gasteiger partial charge in [0.2, 0.25) is 0 Å². The first kappa shape index (κ1) is 15.8. The predicted molar refractivity (Wildman–Crippen MR) is 106 cm³/mol. The molecule has 0 aliphatic carbocycles. The molecule has 4 aromatic rings. The highest BCUT2D eigenvalue weighted by Gasteiger charge is 2.06. The number of nitrogens with zero attached hydrogens (tertiary/aromatic N) is 1. The van der Waals surface area contributed by atoms with Crippen LogP contribution in [-0.4, -0.2) is 10.9 Å². The summed E-state index contributed by atoms with van der Waals surface area (Å²) in [5, 5.41) is 7.37. The van der Waals surface area contributed by atoms with E-state index in [1.54, 1.807) is 18.3 Å². The van der Waals surface area contributed by atoms with E-state index in [2.05, 4.69) is 15.6 Å². The molecule has 0 bridgehead atoms. The van der Waals surface area contributed by atoms with Gasteiger partial charge in [-0.3, -0.25) is 9.78 Å². The monoisotopic (exact) mass is 339 g/mol. The summed E-state index contributed by atoms with van der Waals surface area (Å²) in [6.45, 7) is 0. The van der Waals surface area contributed by atoms with Crippen LogP contribution in [0.3, 0.4) is 0 Å². The number of pyridine rings is 1. The van der Waals surface area contributed by atoms with Gasteiger partial charge in [0.15, 0.2) is 0 Å². The summed E-state index contributed by atoms with van der Waals surface area (Å²) in [4.78, 5) is 16.6. The molecule has 0 aliphatic heterocycles. The van der Waals surface area contributed by atoms with Crippen LogP contribution in [0.15, 0.2) is 91.1 Å². The van der Waals surface area contributed by atoms with Crippen molar-refractivity contribution < 1.29 is 4.79 Å². The highest BCUT2D eigenvalue weighted by Crippen LogP contribution is 2.25. The Balaban J connectivity index is 1.50. The van der Waals surface area contributed by atoms with E-state index < -0.39 is 0 Å². The minimum atomic E-state index is -0.121. The summed E-state index contributed by atoms with van der Waals surface area (Å²) >= 11 is 0. The van der Waals surface area contributed by atoms with Crippen LogP contribution >= 0.6 is 0 Å². The number of carbonyl (C=O) groups is 1. The number of rotatable bonds is 4. The molecule has 0 fully saturated rings. The SMILES string of the molecule is O=C(Nc1ccc(Nc2cccc3cccnc23)cc1)c1ccccc1. The maximum Gasteiger partial charge on any atom is 0.255 e. The third-order valence-electron chi connectivity index (χ3n) is 4.09. The minimum absolute atomic E-state index is 0.121. The first-order valence-corrected chi connectivity index (χ1v) is 8.37. The zero-order valence-electron chi connectivity index (χ0n) is 14.0. The molecule has 0 unspecified atom stereocenters. The highest BCUT2D eigenvalue weighted by molar-refractivity contribution is 6.04. The van der Waals surface area contributed by atoms with Crippen LogP contribution in [0.5, 0.6) is 0 Å². The van der Waals surface area contributed by atoms with Crippen molar-refractivity contribution in [1.82, 2.24) is 4.98 Å². The Morgan fingerprint density at radius 1 is 0.731 bits per heavy atom. The molecule has 0 spiro atoms. The lowest BCUT2D eigenvalue weighted by Crippen LogP contribution is -2.11. The van der Waals surface area contributed by atoms with Gasteiger partial charge in [-0.1, -0.05) is 36.4 Å². The Morgan fingerprint density at radius 3 is 2.27 bits per heavy atom. The van der Waals surface area contributed by atoms with Gasteiger partial charge in [0, 0.05) is 28.5 Å². The third-order valence-corrected chi connectivity index (χ3v) is 4.09. The molecule has 4 heteroatoms. The van der Waals surface area contributed by atoms with Gasteiger partial charge in [-0.05, 0) is 48.5 Å². The van der Waals surface area contributed by atoms with E-state index in [0.29, 0.717) is 5.56 Å². The first-order valence-electron chi connectivity index (χ1n) is 8.37. The van der Waals surface area contributed by atoms with Crippen molar-refractivity contribution >= 4 is 33.9 Å². The molecule has 0 aliphatic rings. The van der Waals surface area contributed by atoms with Crippen molar-refractivity contribution in [2.45, 2.75) is 0 Å². The smallest absolute Gasteiger partial charge is 0.255 e. The molecule has 26 heavy (non-hydrogen) atoms. The second-order valence-electron chi connectivity index (χ2n) is 5.90. The largest absolute Gasteiger partial charge is 0.354 e. The summed E-state index contributed by atoms with van der Waals surface area (Å²) < 4.78 is 0. The Labute approximate surface area is 151 Å². The van der Waals surface area contributed by atoms with E-state index in [4.69, 9.17) is 0 Å². The fourth-order valence-corrected chi connectivity index (χ4v) is 2.79. The molecular weight excluding hydrogens is 322 g/mol. The van der Waals surface area contributed by atoms with E-state index in [0.717, 1.165) is 28.0 Å². The van der Waals surface area contributed by atoms with Crippen molar-refractivity contribution in [1.29, 1.82) is 0 Å². The van der Waals surface area contributed by atoms with E-state index in [1.165, 1.54) is 0 Å². The zero-order valence-corrected chi connectivity index (χ0v) is 14.0. The van der Waals surface area contributed by atoms with Crippen LogP contribution in [0.25, 0.3) is 10.9 Å². The average Bonchev–Trinajstić information content (AvgIpc) is 2.70. The van der Waals surface area contributed by atoms with Gasteiger partial charge in [0.05, 0.1) is 11.2 Å². The number of hydrogen-bond donors (Lipinski definition) is 2. The van der Waals surface area contributed by atoms with Crippen molar-refractivity contribution in [3.05, 3.63) is 96.7 Å². The van der Waals surface area contributed by atoms with Crippen LogP contribution < -0.4 is 10.6 Å². The fourth-order valence-electron chi connectivity index (χ4n) is 2.79. The second kappa shape index (κ2) is 7.07. The third kappa shape index (κ3) is 3.39. The van der Waals surface area contributed by atoms with Crippen molar-refractivity contribution in [2.75, 3.05) is 10.6 Å². The summed E-state index contributed by atoms with van der Waals surface area (Å²) in [6.07, 6.45) is 1.79. The molecule has 3 aromatic carbocycles. The van der Waals surface area contributed by atoms with Crippen LogP contribution in [0.4, 0.5) is 17.1 Å². The number of carbonyl (C=O) groups excluding carboxylic acids is 1. The molecule has 1 aromatic heterocycles. The topological polar surface area (TPSA) is 54.0 Å². The van der Waals surface area contributed by atoms with Gasteiger partial charge < -0.3 is 10.6 Å². The second-order valence-corrected chi connectivity index (χ2v) is 5.90. The van der Waals surface area contributed by atoms with Gasteiger partial charge in [-0.25, -0.2) is 0 Å². The van der Waals surface area contributed by atoms with Gasteiger partial charge in [-0.2, -0.15) is 0 Å². The van der Waals surface area contributed by atoms with Crippen molar-refractivity contribution in [2.24, 2.45) is 0 Å². The van der Waals surface area contributed by atoms with Gasteiger partial charge in [0.25, 0.3) is 5.91 Å². The molecule has 1 heterocycles. The number of anilines is 3. The number of fused-ring (bicyclic) bond motifs is 1. The zero-order chi connectivity index (χ0) is 17.8.